The van der Waals surface area contributed by atoms with E-state index >= 15 is 0 Å². The fraction of sp³-hybridized carbons (Fsp3) is 0.471. The highest BCUT2D eigenvalue weighted by Crippen LogP contribution is 2.62. The quantitative estimate of drug-likeness (QED) is 0.363. The van der Waals surface area contributed by atoms with Crippen molar-refractivity contribution in [2.24, 2.45) is 16.7 Å². The zero-order chi connectivity index (χ0) is 15.4. The third kappa shape index (κ3) is 1.65. The molecule has 2 aliphatic carbocycles. The zero-order valence-electron chi connectivity index (χ0n) is 12.4. The van der Waals surface area contributed by atoms with Crippen LogP contribution in [0.3, 0.4) is 0 Å². The van der Waals surface area contributed by atoms with Crippen LogP contribution < -0.4 is 4.74 Å². The lowest BCUT2D eigenvalue weighted by Crippen LogP contribution is -2.46. The van der Waals surface area contributed by atoms with Crippen molar-refractivity contribution >= 4 is 17.5 Å². The number of hydrogen-bond donors (Lipinski definition) is 0. The summed E-state index contributed by atoms with van der Waals surface area (Å²) in [7, 11) is 0. The largest absolute Gasteiger partial charge is 0.426 e. The summed E-state index contributed by atoms with van der Waals surface area (Å²) < 4.78 is 5.42. The molecule has 2 atom stereocenters. The molecule has 2 unspecified atom stereocenters. The number of Topliss-reactive ketones (excluding diaryl/α,β-unsaturated/α-hetero) is 2. The van der Waals surface area contributed by atoms with Gasteiger partial charge in [0.2, 0.25) is 11.6 Å². The van der Waals surface area contributed by atoms with Crippen LogP contribution in [0.4, 0.5) is 0 Å². The highest BCUT2D eigenvalue weighted by Gasteiger charge is 2.73. The Morgan fingerprint density at radius 2 is 1.81 bits per heavy atom. The molecule has 2 fully saturated rings. The number of ketones is 2. The average Bonchev–Trinajstić information content (AvgIpc) is 2.78. The first-order chi connectivity index (χ1) is 9.80. The van der Waals surface area contributed by atoms with Crippen LogP contribution in [0.5, 0.6) is 5.75 Å². The van der Waals surface area contributed by atoms with E-state index < -0.39 is 28.4 Å². The number of carbonyl (C=O) groups is 3. The van der Waals surface area contributed by atoms with Gasteiger partial charge >= 0.3 is 5.97 Å². The fourth-order valence-corrected chi connectivity index (χ4v) is 3.83. The average molecular weight is 286 g/mol. The predicted molar refractivity (Wildman–Crippen MR) is 75.8 cm³/mol. The minimum atomic E-state index is -1.31. The SMILES string of the molecule is Cc1ccc(OC(=O)C23CCC(C(=O)C2=O)C3(C)C)cc1. The number of carbonyl (C=O) groups excluding carboxylic acids is 3. The summed E-state index contributed by atoms with van der Waals surface area (Å²) in [5, 5.41) is 0. The Labute approximate surface area is 123 Å². The van der Waals surface area contributed by atoms with Crippen molar-refractivity contribution < 1.29 is 19.1 Å². The molecule has 4 heteroatoms. The van der Waals surface area contributed by atoms with E-state index in [-0.39, 0.29) is 5.92 Å². The first-order valence-electron chi connectivity index (χ1n) is 7.18. The topological polar surface area (TPSA) is 60.4 Å². The summed E-state index contributed by atoms with van der Waals surface area (Å²) >= 11 is 0. The fourth-order valence-electron chi connectivity index (χ4n) is 3.83. The molecule has 110 valence electrons. The Kier molecular flexibility index (Phi) is 2.84. The van der Waals surface area contributed by atoms with E-state index in [0.29, 0.717) is 18.6 Å². The Bertz CT molecular complexity index is 641. The van der Waals surface area contributed by atoms with Gasteiger partial charge in [-0.05, 0) is 37.3 Å². The molecule has 2 saturated carbocycles. The third-order valence-corrected chi connectivity index (χ3v) is 5.29. The molecule has 0 radical (unpaired) electrons. The van der Waals surface area contributed by atoms with Crippen LogP contribution in [0.15, 0.2) is 24.3 Å². The Balaban J connectivity index is 1.95. The first kappa shape index (κ1) is 14.0. The van der Waals surface area contributed by atoms with Crippen molar-refractivity contribution in [2.75, 3.05) is 0 Å². The summed E-state index contributed by atoms with van der Waals surface area (Å²) in [5.41, 5.74) is -0.913. The second-order valence-corrected chi connectivity index (χ2v) is 6.61. The van der Waals surface area contributed by atoms with E-state index in [4.69, 9.17) is 4.74 Å². The molecule has 21 heavy (non-hydrogen) atoms. The van der Waals surface area contributed by atoms with Gasteiger partial charge in [0.25, 0.3) is 0 Å². The van der Waals surface area contributed by atoms with Crippen LogP contribution >= 0.6 is 0 Å². The lowest BCUT2D eigenvalue weighted by atomic mass is 9.69. The maximum absolute atomic E-state index is 12.7. The molecular weight excluding hydrogens is 268 g/mol. The van der Waals surface area contributed by atoms with E-state index in [1.807, 2.05) is 32.9 Å². The molecule has 0 N–H and O–H groups in total. The predicted octanol–water partition coefficient (Wildman–Crippen LogP) is 2.47. The van der Waals surface area contributed by atoms with Crippen molar-refractivity contribution in [3.8, 4) is 5.75 Å². The molecule has 0 aliphatic heterocycles. The Hall–Kier alpha value is -1.97. The number of rotatable bonds is 2. The molecule has 0 amide bonds. The number of aryl methyl sites for hydroxylation is 1. The van der Waals surface area contributed by atoms with E-state index in [9.17, 15) is 14.4 Å². The van der Waals surface area contributed by atoms with Gasteiger partial charge in [-0.1, -0.05) is 31.5 Å². The van der Waals surface area contributed by atoms with Crippen LogP contribution in [-0.2, 0) is 14.4 Å². The van der Waals surface area contributed by atoms with Gasteiger partial charge in [0.1, 0.15) is 11.2 Å². The van der Waals surface area contributed by atoms with Crippen LogP contribution in [0.1, 0.15) is 32.3 Å². The van der Waals surface area contributed by atoms with E-state index in [2.05, 4.69) is 0 Å². The number of benzene rings is 1. The Morgan fingerprint density at radius 3 is 2.33 bits per heavy atom. The maximum atomic E-state index is 12.7. The van der Waals surface area contributed by atoms with Gasteiger partial charge in [0, 0.05) is 5.92 Å². The smallest absolute Gasteiger partial charge is 0.326 e. The first-order valence-corrected chi connectivity index (χ1v) is 7.18. The molecule has 0 saturated heterocycles. The number of esters is 1. The molecule has 1 aromatic rings. The van der Waals surface area contributed by atoms with E-state index in [1.165, 1.54) is 0 Å². The molecule has 0 heterocycles. The lowest BCUT2D eigenvalue weighted by Gasteiger charge is -2.32. The molecule has 0 aromatic heterocycles. The summed E-state index contributed by atoms with van der Waals surface area (Å²) in [6, 6.07) is 7.07. The van der Waals surface area contributed by atoms with Crippen molar-refractivity contribution in [1.82, 2.24) is 0 Å². The summed E-state index contributed by atoms with van der Waals surface area (Å²) in [6.45, 7) is 5.59. The highest BCUT2D eigenvalue weighted by molar-refractivity contribution is 6.47. The molecule has 4 nitrogen and oxygen atoms in total. The summed E-state index contributed by atoms with van der Waals surface area (Å²) in [6.07, 6.45) is 0.987. The van der Waals surface area contributed by atoms with Crippen molar-refractivity contribution in [3.63, 3.8) is 0 Å². The normalized spacial score (nSPS) is 29.8. The molecule has 2 bridgehead atoms. The monoisotopic (exact) mass is 286 g/mol. The van der Waals surface area contributed by atoms with Gasteiger partial charge in [-0.15, -0.1) is 0 Å². The molecule has 0 spiro atoms. The maximum Gasteiger partial charge on any atom is 0.326 e. The van der Waals surface area contributed by atoms with Gasteiger partial charge in [-0.25, -0.2) is 0 Å². The minimum absolute atomic E-state index is 0.351. The van der Waals surface area contributed by atoms with Gasteiger partial charge in [-0.2, -0.15) is 0 Å². The molecule has 1 aromatic carbocycles. The van der Waals surface area contributed by atoms with E-state index in [1.54, 1.807) is 12.1 Å². The molecule has 3 rings (SSSR count). The van der Waals surface area contributed by atoms with Crippen molar-refractivity contribution in [2.45, 2.75) is 33.6 Å². The van der Waals surface area contributed by atoms with Crippen LogP contribution in [0.2, 0.25) is 0 Å². The molecular formula is C17H18O4. The summed E-state index contributed by atoms with van der Waals surface area (Å²) in [5.74, 6) is -1.51. The van der Waals surface area contributed by atoms with Crippen LogP contribution in [0, 0.1) is 23.7 Å². The van der Waals surface area contributed by atoms with Gasteiger partial charge in [-0.3, -0.25) is 14.4 Å². The van der Waals surface area contributed by atoms with E-state index in [0.717, 1.165) is 5.56 Å². The second kappa shape index (κ2) is 4.26. The van der Waals surface area contributed by atoms with Crippen LogP contribution in [-0.4, -0.2) is 17.5 Å². The number of fused-ring (bicyclic) bond motifs is 2. The molecule has 2 aliphatic rings. The summed E-state index contributed by atoms with van der Waals surface area (Å²) in [4.78, 5) is 37.0. The van der Waals surface area contributed by atoms with Gasteiger partial charge in [0.05, 0.1) is 0 Å². The number of hydrogen-bond acceptors (Lipinski definition) is 4. The third-order valence-electron chi connectivity index (χ3n) is 5.29. The lowest BCUT2D eigenvalue weighted by molar-refractivity contribution is -0.157. The highest BCUT2D eigenvalue weighted by atomic mass is 16.5. The number of ether oxygens (including phenoxy) is 1. The van der Waals surface area contributed by atoms with Gasteiger partial charge < -0.3 is 4.74 Å². The zero-order valence-corrected chi connectivity index (χ0v) is 12.4. The van der Waals surface area contributed by atoms with Crippen LogP contribution in [0.25, 0.3) is 0 Å². The second-order valence-electron chi connectivity index (χ2n) is 6.61. The van der Waals surface area contributed by atoms with Gasteiger partial charge in [0.15, 0.2) is 0 Å². The standard InChI is InChI=1S/C17H18O4/c1-10-4-6-11(7-5-10)21-15(20)17-9-8-12(16(17,2)3)13(18)14(17)19/h4-7,12H,8-9H2,1-3H3. The van der Waals surface area contributed by atoms with Crippen molar-refractivity contribution in [3.05, 3.63) is 29.8 Å². The van der Waals surface area contributed by atoms with Crippen molar-refractivity contribution in [1.29, 1.82) is 0 Å². The Morgan fingerprint density at radius 1 is 1.19 bits per heavy atom. The minimum Gasteiger partial charge on any atom is -0.426 e.